The largest absolute Gasteiger partial charge is 0.345 e. The summed E-state index contributed by atoms with van der Waals surface area (Å²) in [6, 6.07) is 10.4. The molecule has 0 aliphatic carbocycles. The van der Waals surface area contributed by atoms with Crippen LogP contribution >= 0.6 is 11.6 Å². The zero-order valence-electron chi connectivity index (χ0n) is 15.5. The van der Waals surface area contributed by atoms with Gasteiger partial charge in [-0.2, -0.15) is 0 Å². The van der Waals surface area contributed by atoms with E-state index in [0.29, 0.717) is 5.69 Å². The smallest absolute Gasteiger partial charge is 0.253 e. The van der Waals surface area contributed by atoms with E-state index >= 15 is 0 Å². The molecule has 26 heavy (non-hydrogen) atoms. The van der Waals surface area contributed by atoms with E-state index in [1.807, 2.05) is 32.9 Å². The summed E-state index contributed by atoms with van der Waals surface area (Å²) >= 11 is 6.16. The van der Waals surface area contributed by atoms with Crippen LogP contribution in [-0.2, 0) is 10.0 Å². The van der Waals surface area contributed by atoms with E-state index in [9.17, 15) is 13.2 Å². The highest BCUT2D eigenvalue weighted by atomic mass is 35.5. The molecule has 2 rings (SSSR count). The van der Waals surface area contributed by atoms with E-state index in [-0.39, 0.29) is 22.5 Å². The quantitative estimate of drug-likeness (QED) is 0.837. The molecule has 0 saturated heterocycles. The van der Waals surface area contributed by atoms with Gasteiger partial charge >= 0.3 is 0 Å². The van der Waals surface area contributed by atoms with E-state index < -0.39 is 10.0 Å². The zero-order valence-corrected chi connectivity index (χ0v) is 17.1. The maximum Gasteiger partial charge on any atom is 0.253 e. The van der Waals surface area contributed by atoms with Crippen LogP contribution in [0.5, 0.6) is 0 Å². The summed E-state index contributed by atoms with van der Waals surface area (Å²) in [6.07, 6.45) is 1.10. The molecule has 140 valence electrons. The summed E-state index contributed by atoms with van der Waals surface area (Å²) < 4.78 is 24.5. The number of sulfonamides is 1. The van der Waals surface area contributed by atoms with Crippen molar-refractivity contribution < 1.29 is 13.2 Å². The molecule has 7 heteroatoms. The van der Waals surface area contributed by atoms with Gasteiger partial charge < -0.3 is 5.32 Å². The van der Waals surface area contributed by atoms with Crippen LogP contribution in [0.15, 0.2) is 36.4 Å². The lowest BCUT2D eigenvalue weighted by molar-refractivity contribution is 0.0940. The topological polar surface area (TPSA) is 66.5 Å². The second-order valence-electron chi connectivity index (χ2n) is 6.45. The SMILES string of the molecule is Cc1ccc(C(C)NC(=O)c2cc(N(C)S(C)(=O)=O)ccc2Cl)c(C)c1. The molecule has 1 unspecified atom stereocenters. The number of nitrogens with one attached hydrogen (secondary N) is 1. The molecule has 0 radical (unpaired) electrons. The van der Waals surface area contributed by atoms with E-state index in [4.69, 9.17) is 11.6 Å². The van der Waals surface area contributed by atoms with Crippen molar-refractivity contribution in [2.45, 2.75) is 26.8 Å². The summed E-state index contributed by atoms with van der Waals surface area (Å²) in [4.78, 5) is 12.7. The van der Waals surface area contributed by atoms with Gasteiger partial charge in [-0.25, -0.2) is 8.42 Å². The molecular weight excluding hydrogens is 372 g/mol. The Morgan fingerprint density at radius 3 is 2.38 bits per heavy atom. The van der Waals surface area contributed by atoms with Crippen molar-refractivity contribution >= 4 is 33.2 Å². The minimum Gasteiger partial charge on any atom is -0.345 e. The number of carbonyl (C=O) groups is 1. The summed E-state index contributed by atoms with van der Waals surface area (Å²) in [5.74, 6) is -0.355. The fourth-order valence-electron chi connectivity index (χ4n) is 2.74. The number of rotatable bonds is 5. The van der Waals surface area contributed by atoms with Gasteiger partial charge in [-0.05, 0) is 50.1 Å². The van der Waals surface area contributed by atoms with Crippen molar-refractivity contribution in [3.63, 3.8) is 0 Å². The molecule has 0 bridgehead atoms. The molecule has 0 aliphatic rings. The number of halogens is 1. The van der Waals surface area contributed by atoms with Crippen molar-refractivity contribution in [1.82, 2.24) is 5.32 Å². The van der Waals surface area contributed by atoms with Crippen LogP contribution in [0.3, 0.4) is 0 Å². The Morgan fingerprint density at radius 1 is 1.15 bits per heavy atom. The van der Waals surface area contributed by atoms with Gasteiger partial charge in [0.2, 0.25) is 10.0 Å². The van der Waals surface area contributed by atoms with Crippen molar-refractivity contribution in [3.05, 3.63) is 63.7 Å². The second kappa shape index (κ2) is 7.68. The molecule has 5 nitrogen and oxygen atoms in total. The van der Waals surface area contributed by atoms with E-state index in [2.05, 4.69) is 11.4 Å². The van der Waals surface area contributed by atoms with Gasteiger partial charge in [0.15, 0.2) is 0 Å². The van der Waals surface area contributed by atoms with Crippen LogP contribution in [0, 0.1) is 13.8 Å². The lowest BCUT2D eigenvalue weighted by Crippen LogP contribution is -2.28. The molecule has 2 aromatic carbocycles. The fraction of sp³-hybridized carbons (Fsp3) is 0.316. The van der Waals surface area contributed by atoms with Crippen molar-refractivity contribution in [3.8, 4) is 0 Å². The third-order valence-corrected chi connectivity index (χ3v) is 5.83. The standard InChI is InChI=1S/C19H23ClN2O3S/c1-12-6-8-16(13(2)10-12)14(3)21-19(23)17-11-15(7-9-18(17)20)22(4)26(5,24)25/h6-11,14H,1-5H3,(H,21,23). The molecular formula is C19H23ClN2O3S. The van der Waals surface area contributed by atoms with Crippen molar-refractivity contribution in [2.24, 2.45) is 0 Å². The average Bonchev–Trinajstić information content (AvgIpc) is 2.53. The molecule has 2 aromatic rings. The highest BCUT2D eigenvalue weighted by molar-refractivity contribution is 7.92. The van der Waals surface area contributed by atoms with Crippen LogP contribution in [0.25, 0.3) is 0 Å². The maximum absolute atomic E-state index is 12.7. The molecule has 1 amide bonds. The minimum absolute atomic E-state index is 0.213. The van der Waals surface area contributed by atoms with Crippen molar-refractivity contribution in [2.75, 3.05) is 17.6 Å². The Morgan fingerprint density at radius 2 is 1.81 bits per heavy atom. The number of nitrogens with zero attached hydrogens (tertiary/aromatic N) is 1. The Balaban J connectivity index is 2.29. The van der Waals surface area contributed by atoms with Gasteiger partial charge in [0.1, 0.15) is 0 Å². The zero-order chi connectivity index (χ0) is 19.6. The second-order valence-corrected chi connectivity index (χ2v) is 8.87. The molecule has 0 spiro atoms. The Hall–Kier alpha value is -2.05. The number of carbonyl (C=O) groups excluding carboxylic acids is 1. The number of benzene rings is 2. The van der Waals surface area contributed by atoms with Crippen molar-refractivity contribution in [1.29, 1.82) is 0 Å². The number of anilines is 1. The molecule has 0 aromatic heterocycles. The fourth-order valence-corrected chi connectivity index (χ4v) is 3.44. The number of aryl methyl sites for hydroxylation is 2. The van der Waals surface area contributed by atoms with Gasteiger partial charge in [-0.1, -0.05) is 35.4 Å². The van der Waals surface area contributed by atoms with Gasteiger partial charge in [0, 0.05) is 7.05 Å². The molecule has 1 N–H and O–H groups in total. The van der Waals surface area contributed by atoms with Crippen LogP contribution in [0.4, 0.5) is 5.69 Å². The molecule has 0 aliphatic heterocycles. The number of hydrogen-bond acceptors (Lipinski definition) is 3. The molecule has 0 heterocycles. The number of hydrogen-bond donors (Lipinski definition) is 1. The lowest BCUT2D eigenvalue weighted by atomic mass is 10.00. The minimum atomic E-state index is -3.43. The van der Waals surface area contributed by atoms with E-state index in [1.165, 1.54) is 19.2 Å². The first-order valence-electron chi connectivity index (χ1n) is 8.12. The van der Waals surface area contributed by atoms with Crippen LogP contribution in [-0.4, -0.2) is 27.6 Å². The lowest BCUT2D eigenvalue weighted by Gasteiger charge is -2.20. The van der Waals surface area contributed by atoms with Crippen LogP contribution in [0.1, 0.15) is 40.0 Å². The molecule has 0 saturated carbocycles. The predicted molar refractivity (Wildman–Crippen MR) is 106 cm³/mol. The highest BCUT2D eigenvalue weighted by Gasteiger charge is 2.19. The first-order valence-corrected chi connectivity index (χ1v) is 10.3. The van der Waals surface area contributed by atoms with Gasteiger partial charge in [0.05, 0.1) is 28.6 Å². The maximum atomic E-state index is 12.7. The van der Waals surface area contributed by atoms with E-state index in [1.54, 1.807) is 6.07 Å². The molecule has 1 atom stereocenters. The van der Waals surface area contributed by atoms with Gasteiger partial charge in [-0.3, -0.25) is 9.10 Å². The Labute approximate surface area is 160 Å². The molecule has 0 fully saturated rings. The van der Waals surface area contributed by atoms with Gasteiger partial charge in [-0.15, -0.1) is 0 Å². The normalized spacial score (nSPS) is 12.5. The van der Waals surface area contributed by atoms with E-state index in [0.717, 1.165) is 27.3 Å². The monoisotopic (exact) mass is 394 g/mol. The average molecular weight is 395 g/mol. The third kappa shape index (κ3) is 4.56. The Bertz CT molecular complexity index is 942. The first-order chi connectivity index (χ1) is 12.0. The van der Waals surface area contributed by atoms with Crippen LogP contribution in [0.2, 0.25) is 5.02 Å². The summed E-state index contributed by atoms with van der Waals surface area (Å²) in [7, 11) is -2.00. The first kappa shape index (κ1) is 20.3. The van der Waals surface area contributed by atoms with Gasteiger partial charge in [0.25, 0.3) is 5.91 Å². The van der Waals surface area contributed by atoms with Crippen LogP contribution < -0.4 is 9.62 Å². The number of amides is 1. The predicted octanol–water partition coefficient (Wildman–Crippen LogP) is 3.84. The summed E-state index contributed by atoms with van der Waals surface area (Å²) in [5.41, 5.74) is 3.88. The summed E-state index contributed by atoms with van der Waals surface area (Å²) in [5, 5.41) is 3.19. The summed E-state index contributed by atoms with van der Waals surface area (Å²) in [6.45, 7) is 5.92. The highest BCUT2D eigenvalue weighted by Crippen LogP contribution is 2.25. The third-order valence-electron chi connectivity index (χ3n) is 4.30. The Kier molecular flexibility index (Phi) is 5.98.